The summed E-state index contributed by atoms with van der Waals surface area (Å²) in [6.07, 6.45) is 1.12. The van der Waals surface area contributed by atoms with Crippen molar-refractivity contribution in [2.75, 3.05) is 13.2 Å². The molecule has 14 heavy (non-hydrogen) atoms. The van der Waals surface area contributed by atoms with Crippen LogP contribution < -0.4 is 4.74 Å². The highest BCUT2D eigenvalue weighted by atomic mass is 16.5. The van der Waals surface area contributed by atoms with Crippen molar-refractivity contribution in [2.24, 2.45) is 0 Å². The first kappa shape index (κ1) is 9.49. The molecule has 76 valence electrons. The normalized spacial score (nSPS) is 21.1. The lowest BCUT2D eigenvalue weighted by Crippen LogP contribution is -2.15. The van der Waals surface area contributed by atoms with Gasteiger partial charge in [-0.3, -0.25) is 0 Å². The van der Waals surface area contributed by atoms with Gasteiger partial charge in [0.25, 0.3) is 0 Å². The molecule has 0 spiro atoms. The largest absolute Gasteiger partial charge is 0.488 e. The minimum absolute atomic E-state index is 0.0539. The summed E-state index contributed by atoms with van der Waals surface area (Å²) in [7, 11) is 0. The van der Waals surface area contributed by atoms with Crippen LogP contribution in [0.1, 0.15) is 12.0 Å². The summed E-state index contributed by atoms with van der Waals surface area (Å²) in [6.45, 7) is 1.51. The predicted octanol–water partition coefficient (Wildman–Crippen LogP) is 1.35. The van der Waals surface area contributed by atoms with E-state index in [1.165, 1.54) is 0 Å². The lowest BCUT2D eigenvalue weighted by molar-refractivity contribution is 0.141. The molecule has 3 heteroatoms. The average Bonchev–Trinajstić information content (AvgIpc) is 2.71. The van der Waals surface area contributed by atoms with E-state index in [0.29, 0.717) is 6.61 Å². The molecular weight excluding hydrogens is 180 g/mol. The molecule has 1 unspecified atom stereocenters. The van der Waals surface area contributed by atoms with Gasteiger partial charge in [0.2, 0.25) is 0 Å². The Kier molecular flexibility index (Phi) is 3.01. The van der Waals surface area contributed by atoms with E-state index in [0.717, 1.165) is 24.3 Å². The van der Waals surface area contributed by atoms with Gasteiger partial charge < -0.3 is 14.6 Å². The Morgan fingerprint density at radius 2 is 2.43 bits per heavy atom. The molecule has 0 bridgehead atoms. The summed E-state index contributed by atoms with van der Waals surface area (Å²) in [5.41, 5.74) is 0.876. The molecule has 1 N–H and O–H groups in total. The molecule has 0 saturated carbocycles. The first-order valence-corrected chi connectivity index (χ1v) is 4.82. The van der Waals surface area contributed by atoms with Gasteiger partial charge in [-0.05, 0) is 17.7 Å². The van der Waals surface area contributed by atoms with Crippen molar-refractivity contribution >= 4 is 0 Å². The van der Waals surface area contributed by atoms with Gasteiger partial charge in [0, 0.05) is 6.42 Å². The third kappa shape index (κ3) is 2.25. The predicted molar refractivity (Wildman–Crippen MR) is 52.2 cm³/mol. The van der Waals surface area contributed by atoms with Crippen molar-refractivity contribution < 1.29 is 14.6 Å². The van der Waals surface area contributed by atoms with Gasteiger partial charge in [-0.25, -0.2) is 0 Å². The topological polar surface area (TPSA) is 38.7 Å². The third-order valence-electron chi connectivity index (χ3n) is 2.27. The second-order valence-electron chi connectivity index (χ2n) is 3.41. The quantitative estimate of drug-likeness (QED) is 0.789. The van der Waals surface area contributed by atoms with E-state index in [1.807, 2.05) is 24.3 Å². The maximum Gasteiger partial charge on any atom is 0.124 e. The van der Waals surface area contributed by atoms with Gasteiger partial charge in [0.15, 0.2) is 0 Å². The molecule has 1 aliphatic rings. The van der Waals surface area contributed by atoms with Crippen molar-refractivity contribution in [3.8, 4) is 5.75 Å². The molecule has 0 amide bonds. The molecule has 1 aromatic carbocycles. The van der Waals surface area contributed by atoms with E-state index in [4.69, 9.17) is 14.6 Å². The van der Waals surface area contributed by atoms with Crippen LogP contribution in [0, 0.1) is 0 Å². The third-order valence-corrected chi connectivity index (χ3v) is 2.27. The first-order valence-electron chi connectivity index (χ1n) is 4.82. The number of aliphatic hydroxyl groups excluding tert-OH is 1. The van der Waals surface area contributed by atoms with Crippen LogP contribution in [0.4, 0.5) is 0 Å². The minimum Gasteiger partial charge on any atom is -0.488 e. The van der Waals surface area contributed by atoms with E-state index < -0.39 is 0 Å². The Hall–Kier alpha value is -1.06. The molecule has 0 aliphatic carbocycles. The number of hydrogen-bond acceptors (Lipinski definition) is 3. The van der Waals surface area contributed by atoms with E-state index in [1.54, 1.807) is 0 Å². The van der Waals surface area contributed by atoms with E-state index in [9.17, 15) is 0 Å². The molecule has 1 atom stereocenters. The van der Waals surface area contributed by atoms with Gasteiger partial charge in [0.05, 0.1) is 19.8 Å². The van der Waals surface area contributed by atoms with Crippen LogP contribution >= 0.6 is 0 Å². The second kappa shape index (κ2) is 4.44. The fraction of sp³-hybridized carbons (Fsp3) is 0.455. The fourth-order valence-corrected chi connectivity index (χ4v) is 1.52. The highest BCUT2D eigenvalue weighted by molar-refractivity contribution is 5.28. The van der Waals surface area contributed by atoms with E-state index in [2.05, 4.69) is 0 Å². The first-order chi connectivity index (χ1) is 6.88. The van der Waals surface area contributed by atoms with Crippen LogP contribution in [-0.2, 0) is 11.3 Å². The van der Waals surface area contributed by atoms with E-state index >= 15 is 0 Å². The SMILES string of the molecule is OCc1cccc(OC2CCOC2)c1. The Balaban J connectivity index is 2.00. The standard InChI is InChI=1S/C11H14O3/c12-7-9-2-1-3-10(6-9)14-11-4-5-13-8-11/h1-3,6,11-12H,4-5,7-8H2. The summed E-state index contributed by atoms with van der Waals surface area (Å²) >= 11 is 0. The molecule has 1 saturated heterocycles. The van der Waals surface area contributed by atoms with Gasteiger partial charge in [-0.2, -0.15) is 0 Å². The molecule has 2 rings (SSSR count). The summed E-state index contributed by atoms with van der Waals surface area (Å²) in [4.78, 5) is 0. The van der Waals surface area contributed by atoms with Crippen molar-refractivity contribution in [3.05, 3.63) is 29.8 Å². The lowest BCUT2D eigenvalue weighted by atomic mass is 10.2. The smallest absolute Gasteiger partial charge is 0.124 e. The zero-order chi connectivity index (χ0) is 9.80. The number of ether oxygens (including phenoxy) is 2. The number of hydrogen-bond donors (Lipinski definition) is 1. The molecule has 1 aromatic rings. The van der Waals surface area contributed by atoms with Gasteiger partial charge in [0.1, 0.15) is 11.9 Å². The molecule has 0 aromatic heterocycles. The van der Waals surface area contributed by atoms with Crippen LogP contribution in [-0.4, -0.2) is 24.4 Å². The Labute approximate surface area is 83.3 Å². The highest BCUT2D eigenvalue weighted by Gasteiger charge is 2.16. The van der Waals surface area contributed by atoms with Gasteiger partial charge in [-0.1, -0.05) is 12.1 Å². The van der Waals surface area contributed by atoms with Crippen molar-refractivity contribution in [2.45, 2.75) is 19.1 Å². The van der Waals surface area contributed by atoms with E-state index in [-0.39, 0.29) is 12.7 Å². The maximum absolute atomic E-state index is 8.94. The molecule has 1 heterocycles. The minimum atomic E-state index is 0.0539. The highest BCUT2D eigenvalue weighted by Crippen LogP contribution is 2.18. The molecular formula is C11H14O3. The monoisotopic (exact) mass is 194 g/mol. The average molecular weight is 194 g/mol. The van der Waals surface area contributed by atoms with Gasteiger partial charge >= 0.3 is 0 Å². The zero-order valence-electron chi connectivity index (χ0n) is 7.98. The zero-order valence-corrected chi connectivity index (χ0v) is 7.98. The maximum atomic E-state index is 8.94. The van der Waals surface area contributed by atoms with Crippen molar-refractivity contribution in [1.82, 2.24) is 0 Å². The molecule has 1 aliphatic heterocycles. The van der Waals surface area contributed by atoms with Crippen LogP contribution in [0.25, 0.3) is 0 Å². The van der Waals surface area contributed by atoms with Crippen LogP contribution in [0.3, 0.4) is 0 Å². The number of benzene rings is 1. The summed E-state index contributed by atoms with van der Waals surface area (Å²) in [5, 5.41) is 8.94. The Bertz CT molecular complexity index is 292. The lowest BCUT2D eigenvalue weighted by Gasteiger charge is -2.12. The van der Waals surface area contributed by atoms with Crippen molar-refractivity contribution in [1.29, 1.82) is 0 Å². The number of aliphatic hydroxyl groups is 1. The van der Waals surface area contributed by atoms with Crippen LogP contribution in [0.15, 0.2) is 24.3 Å². The van der Waals surface area contributed by atoms with Crippen LogP contribution in [0.5, 0.6) is 5.75 Å². The van der Waals surface area contributed by atoms with Crippen molar-refractivity contribution in [3.63, 3.8) is 0 Å². The van der Waals surface area contributed by atoms with Crippen LogP contribution in [0.2, 0.25) is 0 Å². The molecule has 1 fully saturated rings. The number of rotatable bonds is 3. The molecule has 0 radical (unpaired) electrons. The summed E-state index contributed by atoms with van der Waals surface area (Å²) in [6, 6.07) is 7.52. The summed E-state index contributed by atoms with van der Waals surface area (Å²) < 4.78 is 10.9. The fourth-order valence-electron chi connectivity index (χ4n) is 1.52. The summed E-state index contributed by atoms with van der Waals surface area (Å²) in [5.74, 6) is 0.812. The second-order valence-corrected chi connectivity index (χ2v) is 3.41. The Morgan fingerprint density at radius 1 is 1.50 bits per heavy atom. The molecule has 3 nitrogen and oxygen atoms in total. The Morgan fingerprint density at radius 3 is 3.14 bits per heavy atom. The van der Waals surface area contributed by atoms with Gasteiger partial charge in [-0.15, -0.1) is 0 Å².